The van der Waals surface area contributed by atoms with Gasteiger partial charge in [0.25, 0.3) is 0 Å². The summed E-state index contributed by atoms with van der Waals surface area (Å²) in [7, 11) is 0. The van der Waals surface area contributed by atoms with E-state index in [0.29, 0.717) is 18.7 Å². The van der Waals surface area contributed by atoms with Crippen LogP contribution in [0, 0.1) is 11.6 Å². The van der Waals surface area contributed by atoms with Crippen molar-refractivity contribution in [3.63, 3.8) is 0 Å². The highest BCUT2D eigenvalue weighted by atomic mass is 19.1. The van der Waals surface area contributed by atoms with Gasteiger partial charge < -0.3 is 10.6 Å². The van der Waals surface area contributed by atoms with Gasteiger partial charge in [-0.2, -0.15) is 0 Å². The third-order valence-corrected chi connectivity index (χ3v) is 2.57. The van der Waals surface area contributed by atoms with Gasteiger partial charge in [-0.15, -0.1) is 0 Å². The molecule has 86 valence electrons. The van der Waals surface area contributed by atoms with Gasteiger partial charge in [0.1, 0.15) is 11.6 Å². The Kier molecular flexibility index (Phi) is 3.14. The minimum absolute atomic E-state index is 0.144. The number of hydrogen-bond acceptors (Lipinski definition) is 2. The summed E-state index contributed by atoms with van der Waals surface area (Å²) in [5.74, 6) is -1.36. The molecular weight excluding hydrogens is 214 g/mol. The molecule has 1 aliphatic rings. The van der Waals surface area contributed by atoms with Crippen molar-refractivity contribution >= 4 is 5.91 Å². The van der Waals surface area contributed by atoms with E-state index >= 15 is 0 Å². The third kappa shape index (κ3) is 2.36. The monoisotopic (exact) mass is 226 g/mol. The molecule has 1 amide bonds. The van der Waals surface area contributed by atoms with E-state index in [1.807, 2.05) is 0 Å². The molecule has 2 N–H and O–H groups in total. The van der Waals surface area contributed by atoms with Crippen LogP contribution in [0.2, 0.25) is 0 Å². The van der Waals surface area contributed by atoms with Crippen molar-refractivity contribution in [2.75, 3.05) is 13.1 Å². The maximum atomic E-state index is 13.3. The zero-order chi connectivity index (χ0) is 11.5. The van der Waals surface area contributed by atoms with E-state index < -0.39 is 17.7 Å². The first-order chi connectivity index (χ1) is 7.66. The summed E-state index contributed by atoms with van der Waals surface area (Å²) in [6, 6.07) is 2.96. The molecule has 1 fully saturated rings. The lowest BCUT2D eigenvalue weighted by atomic mass is 10.0. The van der Waals surface area contributed by atoms with E-state index in [9.17, 15) is 13.6 Å². The topological polar surface area (TPSA) is 41.1 Å². The molecule has 0 saturated carbocycles. The number of carbonyl (C=O) groups is 1. The molecule has 16 heavy (non-hydrogen) atoms. The molecule has 1 aliphatic heterocycles. The zero-order valence-corrected chi connectivity index (χ0v) is 8.59. The molecule has 5 heteroatoms. The van der Waals surface area contributed by atoms with Crippen LogP contribution in [0.4, 0.5) is 8.78 Å². The van der Waals surface area contributed by atoms with Crippen molar-refractivity contribution in [3.8, 4) is 0 Å². The van der Waals surface area contributed by atoms with Crippen molar-refractivity contribution in [1.82, 2.24) is 10.6 Å². The Morgan fingerprint density at radius 3 is 2.81 bits per heavy atom. The molecule has 0 spiro atoms. The maximum Gasteiger partial charge on any atom is 0.237 e. The van der Waals surface area contributed by atoms with Crippen molar-refractivity contribution < 1.29 is 13.6 Å². The second kappa shape index (κ2) is 4.57. The van der Waals surface area contributed by atoms with Crippen LogP contribution in [0.5, 0.6) is 0 Å². The standard InChI is InChI=1S/C11H12F2N2O/c12-8-2-1-7(9(13)6-8)5-10-11(16)15-4-3-14-10/h1-2,6,10,14H,3-5H2,(H,15,16). The summed E-state index contributed by atoms with van der Waals surface area (Å²) >= 11 is 0. The van der Waals surface area contributed by atoms with Crippen LogP contribution >= 0.6 is 0 Å². The number of carbonyl (C=O) groups excluding carboxylic acids is 1. The molecule has 3 nitrogen and oxygen atoms in total. The normalized spacial score (nSPS) is 20.6. The number of amides is 1. The van der Waals surface area contributed by atoms with E-state index in [-0.39, 0.29) is 12.3 Å². The van der Waals surface area contributed by atoms with Crippen LogP contribution in [0.1, 0.15) is 5.56 Å². The summed E-state index contributed by atoms with van der Waals surface area (Å²) in [5.41, 5.74) is 0.343. The van der Waals surface area contributed by atoms with Crippen LogP contribution in [-0.2, 0) is 11.2 Å². The fraction of sp³-hybridized carbons (Fsp3) is 0.364. The fourth-order valence-corrected chi connectivity index (χ4v) is 1.72. The number of benzene rings is 1. The highest BCUT2D eigenvalue weighted by Gasteiger charge is 2.22. The van der Waals surface area contributed by atoms with Gasteiger partial charge >= 0.3 is 0 Å². The Morgan fingerprint density at radius 1 is 1.31 bits per heavy atom. The molecule has 0 radical (unpaired) electrons. The van der Waals surface area contributed by atoms with Gasteiger partial charge in [-0.1, -0.05) is 6.07 Å². The zero-order valence-electron chi connectivity index (χ0n) is 8.59. The Labute approximate surface area is 91.8 Å². The molecule has 1 saturated heterocycles. The van der Waals surface area contributed by atoms with E-state index in [1.165, 1.54) is 12.1 Å². The molecule has 0 aliphatic carbocycles. The van der Waals surface area contributed by atoms with E-state index in [1.54, 1.807) is 0 Å². The lowest BCUT2D eigenvalue weighted by Gasteiger charge is -2.23. The quantitative estimate of drug-likeness (QED) is 0.775. The minimum Gasteiger partial charge on any atom is -0.353 e. The van der Waals surface area contributed by atoms with E-state index in [4.69, 9.17) is 0 Å². The van der Waals surface area contributed by atoms with Crippen molar-refractivity contribution in [2.24, 2.45) is 0 Å². The van der Waals surface area contributed by atoms with Crippen LogP contribution in [0.15, 0.2) is 18.2 Å². The van der Waals surface area contributed by atoms with Crippen LogP contribution in [-0.4, -0.2) is 25.0 Å². The summed E-state index contributed by atoms with van der Waals surface area (Å²) in [6.45, 7) is 1.25. The Morgan fingerprint density at radius 2 is 2.12 bits per heavy atom. The predicted octanol–water partition coefficient (Wildman–Crippen LogP) is 0.595. The summed E-state index contributed by atoms with van der Waals surface area (Å²) < 4.78 is 26.0. The lowest BCUT2D eigenvalue weighted by molar-refractivity contribution is -0.124. The number of hydrogen-bond donors (Lipinski definition) is 2. The Bertz CT molecular complexity index is 409. The maximum absolute atomic E-state index is 13.3. The molecule has 1 unspecified atom stereocenters. The molecule has 2 rings (SSSR count). The molecule has 0 bridgehead atoms. The predicted molar refractivity (Wildman–Crippen MR) is 54.9 cm³/mol. The molecule has 1 aromatic rings. The average molecular weight is 226 g/mol. The third-order valence-electron chi connectivity index (χ3n) is 2.57. The first kappa shape index (κ1) is 11.0. The van der Waals surface area contributed by atoms with E-state index in [0.717, 1.165) is 6.07 Å². The molecule has 1 heterocycles. The van der Waals surface area contributed by atoms with Gasteiger partial charge in [-0.3, -0.25) is 4.79 Å². The van der Waals surface area contributed by atoms with E-state index in [2.05, 4.69) is 10.6 Å². The molecule has 1 atom stereocenters. The number of rotatable bonds is 2. The highest BCUT2D eigenvalue weighted by molar-refractivity contribution is 5.82. The van der Waals surface area contributed by atoms with Crippen molar-refractivity contribution in [1.29, 1.82) is 0 Å². The van der Waals surface area contributed by atoms with Gasteiger partial charge in [-0.05, 0) is 18.1 Å². The van der Waals surface area contributed by atoms with Crippen LogP contribution in [0.25, 0.3) is 0 Å². The van der Waals surface area contributed by atoms with Crippen LogP contribution in [0.3, 0.4) is 0 Å². The van der Waals surface area contributed by atoms with Gasteiger partial charge in [-0.25, -0.2) is 8.78 Å². The summed E-state index contributed by atoms with van der Waals surface area (Å²) in [4.78, 5) is 11.4. The Balaban J connectivity index is 2.10. The molecule has 1 aromatic carbocycles. The second-order valence-electron chi connectivity index (χ2n) is 3.74. The summed E-state index contributed by atoms with van der Waals surface area (Å²) in [5, 5.41) is 5.67. The van der Waals surface area contributed by atoms with Crippen molar-refractivity contribution in [2.45, 2.75) is 12.5 Å². The SMILES string of the molecule is O=C1NCCNC1Cc1ccc(F)cc1F. The Hall–Kier alpha value is -1.49. The van der Waals surface area contributed by atoms with Crippen LogP contribution < -0.4 is 10.6 Å². The van der Waals surface area contributed by atoms with Gasteiger partial charge in [0, 0.05) is 19.2 Å². The number of halogens is 2. The number of piperazine rings is 1. The van der Waals surface area contributed by atoms with Gasteiger partial charge in [0.05, 0.1) is 6.04 Å². The minimum atomic E-state index is -0.611. The fourth-order valence-electron chi connectivity index (χ4n) is 1.72. The summed E-state index contributed by atoms with van der Waals surface area (Å²) in [6.07, 6.45) is 0.234. The second-order valence-corrected chi connectivity index (χ2v) is 3.74. The number of nitrogens with one attached hydrogen (secondary N) is 2. The van der Waals surface area contributed by atoms with Gasteiger partial charge in [0.15, 0.2) is 0 Å². The van der Waals surface area contributed by atoms with Gasteiger partial charge in [0.2, 0.25) is 5.91 Å². The lowest BCUT2D eigenvalue weighted by Crippen LogP contribution is -2.53. The first-order valence-electron chi connectivity index (χ1n) is 5.12. The average Bonchev–Trinajstić information content (AvgIpc) is 2.25. The highest BCUT2D eigenvalue weighted by Crippen LogP contribution is 2.12. The molecular formula is C11H12F2N2O. The largest absolute Gasteiger partial charge is 0.353 e. The smallest absolute Gasteiger partial charge is 0.237 e. The van der Waals surface area contributed by atoms with Crippen molar-refractivity contribution in [3.05, 3.63) is 35.4 Å². The molecule has 0 aromatic heterocycles. The first-order valence-corrected chi connectivity index (χ1v) is 5.12.